The van der Waals surface area contributed by atoms with Crippen molar-refractivity contribution < 1.29 is 13.9 Å². The van der Waals surface area contributed by atoms with Gasteiger partial charge in [0.05, 0.1) is 36.2 Å². The van der Waals surface area contributed by atoms with Crippen LogP contribution in [-0.4, -0.2) is 34.6 Å². The van der Waals surface area contributed by atoms with Crippen molar-refractivity contribution >= 4 is 22.6 Å². The number of hydrogen-bond acceptors (Lipinski definition) is 6. The quantitative estimate of drug-likeness (QED) is 0.665. The van der Waals surface area contributed by atoms with E-state index in [1.54, 1.807) is 38.6 Å². The number of fused-ring (bicyclic) bond motifs is 1. The first-order valence-electron chi connectivity index (χ1n) is 7.81. The van der Waals surface area contributed by atoms with E-state index in [1.165, 1.54) is 18.3 Å². The Balaban J connectivity index is 2.12. The molecule has 1 aromatic carbocycles. The molecule has 2 aromatic heterocycles. The molecule has 0 spiro atoms. The molecule has 0 saturated carbocycles. The zero-order valence-corrected chi connectivity index (χ0v) is 13.9. The van der Waals surface area contributed by atoms with E-state index in [0.29, 0.717) is 23.1 Å². The van der Waals surface area contributed by atoms with E-state index in [1.807, 2.05) is 4.90 Å². The van der Waals surface area contributed by atoms with E-state index in [-0.39, 0.29) is 12.2 Å². The Kier molecular flexibility index (Phi) is 4.83. The lowest BCUT2D eigenvalue weighted by Crippen LogP contribution is -2.21. The lowest BCUT2D eigenvalue weighted by Gasteiger charge is -2.23. The van der Waals surface area contributed by atoms with Crippen LogP contribution in [0.15, 0.2) is 43.0 Å². The fourth-order valence-corrected chi connectivity index (χ4v) is 2.65. The molecule has 0 N–H and O–H groups in total. The topological polar surface area (TPSA) is 68.2 Å². The van der Waals surface area contributed by atoms with E-state index in [4.69, 9.17) is 4.74 Å². The molecule has 0 fully saturated rings. The molecule has 7 heteroatoms. The van der Waals surface area contributed by atoms with Crippen molar-refractivity contribution in [2.24, 2.45) is 0 Å². The molecule has 2 heterocycles. The Bertz CT molecular complexity index is 902. The molecule has 0 radical (unpaired) electrons. The number of nitrogens with zero attached hydrogens (tertiary/aromatic N) is 4. The monoisotopic (exact) mass is 340 g/mol. The summed E-state index contributed by atoms with van der Waals surface area (Å²) >= 11 is 0. The number of carbonyl (C=O) groups is 1. The number of aromatic nitrogens is 3. The van der Waals surface area contributed by atoms with Gasteiger partial charge in [-0.25, -0.2) is 9.18 Å². The highest BCUT2D eigenvalue weighted by Gasteiger charge is 2.20. The lowest BCUT2D eigenvalue weighted by molar-refractivity contribution is 0.0527. The lowest BCUT2D eigenvalue weighted by atomic mass is 10.1. The van der Waals surface area contributed by atoms with Gasteiger partial charge in [0.15, 0.2) is 0 Å². The number of benzene rings is 1. The summed E-state index contributed by atoms with van der Waals surface area (Å²) < 4.78 is 18.9. The Hall–Kier alpha value is -3.09. The molecule has 3 rings (SSSR count). The highest BCUT2D eigenvalue weighted by molar-refractivity contribution is 6.05. The second kappa shape index (κ2) is 7.21. The number of carbonyl (C=O) groups excluding carboxylic acids is 1. The molecule has 0 bridgehead atoms. The molecule has 0 aliphatic carbocycles. The number of pyridine rings is 1. The molecule has 0 aliphatic heterocycles. The standard InChI is InChI=1S/C18H17FN4O2/c1-3-25-18(24)15-10-22-16-5-4-12(19)8-14(16)17(15)23(2)11-13-9-20-6-7-21-13/h4-10H,3,11H2,1-2H3. The zero-order chi connectivity index (χ0) is 17.8. The van der Waals surface area contributed by atoms with Gasteiger partial charge in [0.25, 0.3) is 0 Å². The average molecular weight is 340 g/mol. The van der Waals surface area contributed by atoms with Gasteiger partial charge in [-0.15, -0.1) is 0 Å². The van der Waals surface area contributed by atoms with Crippen LogP contribution in [0.5, 0.6) is 0 Å². The van der Waals surface area contributed by atoms with Gasteiger partial charge in [0, 0.05) is 31.0 Å². The molecule has 0 saturated heterocycles. The van der Waals surface area contributed by atoms with Gasteiger partial charge in [0.1, 0.15) is 11.4 Å². The minimum absolute atomic E-state index is 0.243. The summed E-state index contributed by atoms with van der Waals surface area (Å²) in [5.74, 6) is -0.897. The van der Waals surface area contributed by atoms with E-state index in [0.717, 1.165) is 5.69 Å². The van der Waals surface area contributed by atoms with Gasteiger partial charge in [-0.2, -0.15) is 0 Å². The molecular formula is C18H17FN4O2. The van der Waals surface area contributed by atoms with Gasteiger partial charge in [-0.05, 0) is 25.1 Å². The van der Waals surface area contributed by atoms with Gasteiger partial charge >= 0.3 is 5.97 Å². The number of ether oxygens (including phenoxy) is 1. The third kappa shape index (κ3) is 3.55. The van der Waals surface area contributed by atoms with Crippen LogP contribution in [0.2, 0.25) is 0 Å². The van der Waals surface area contributed by atoms with Gasteiger partial charge in [0.2, 0.25) is 0 Å². The fourth-order valence-electron chi connectivity index (χ4n) is 2.65. The summed E-state index contributed by atoms with van der Waals surface area (Å²) in [5.41, 5.74) is 2.15. The Morgan fingerprint density at radius 1 is 1.24 bits per heavy atom. The van der Waals surface area contributed by atoms with Crippen molar-refractivity contribution in [3.05, 3.63) is 60.1 Å². The second-order valence-corrected chi connectivity index (χ2v) is 5.46. The third-order valence-corrected chi connectivity index (χ3v) is 3.69. The van der Waals surface area contributed by atoms with E-state index >= 15 is 0 Å². The van der Waals surface area contributed by atoms with Crippen LogP contribution >= 0.6 is 0 Å². The molecule has 0 aliphatic rings. The third-order valence-electron chi connectivity index (χ3n) is 3.69. The summed E-state index contributed by atoms with van der Waals surface area (Å²) in [4.78, 5) is 26.7. The van der Waals surface area contributed by atoms with Crippen LogP contribution in [0.25, 0.3) is 10.9 Å². The van der Waals surface area contributed by atoms with Crippen LogP contribution in [0.1, 0.15) is 23.0 Å². The van der Waals surface area contributed by atoms with Crippen LogP contribution in [0, 0.1) is 5.82 Å². The van der Waals surface area contributed by atoms with Crippen molar-refractivity contribution in [3.8, 4) is 0 Å². The fraction of sp³-hybridized carbons (Fsp3) is 0.222. The minimum Gasteiger partial charge on any atom is -0.462 e. The van der Waals surface area contributed by atoms with E-state index < -0.39 is 11.8 Å². The van der Waals surface area contributed by atoms with Gasteiger partial charge in [-0.3, -0.25) is 15.0 Å². The Labute approximate surface area is 144 Å². The summed E-state index contributed by atoms with van der Waals surface area (Å²) in [6.07, 6.45) is 6.29. The predicted molar refractivity (Wildman–Crippen MR) is 91.8 cm³/mol. The summed E-state index contributed by atoms with van der Waals surface area (Å²) in [5, 5.41) is 0.539. The van der Waals surface area contributed by atoms with E-state index in [2.05, 4.69) is 15.0 Å². The molecular weight excluding hydrogens is 323 g/mol. The van der Waals surface area contributed by atoms with Gasteiger partial charge in [-0.1, -0.05) is 0 Å². The molecule has 3 aromatic rings. The Morgan fingerprint density at radius 3 is 2.80 bits per heavy atom. The number of halogens is 1. The van der Waals surface area contributed by atoms with Crippen LogP contribution in [-0.2, 0) is 11.3 Å². The number of anilines is 1. The predicted octanol–water partition coefficient (Wildman–Crippen LogP) is 2.98. The molecule has 0 amide bonds. The first kappa shape index (κ1) is 16.8. The van der Waals surface area contributed by atoms with Gasteiger partial charge < -0.3 is 9.64 Å². The average Bonchev–Trinajstić information content (AvgIpc) is 2.61. The summed E-state index contributed by atoms with van der Waals surface area (Å²) in [6.45, 7) is 2.37. The summed E-state index contributed by atoms with van der Waals surface area (Å²) in [6, 6.07) is 4.29. The smallest absolute Gasteiger partial charge is 0.341 e. The molecule has 25 heavy (non-hydrogen) atoms. The molecule has 128 valence electrons. The molecule has 0 unspecified atom stereocenters. The van der Waals surface area contributed by atoms with Crippen molar-refractivity contribution in [1.82, 2.24) is 15.0 Å². The van der Waals surface area contributed by atoms with Crippen LogP contribution < -0.4 is 4.90 Å². The normalized spacial score (nSPS) is 10.7. The highest BCUT2D eigenvalue weighted by Crippen LogP contribution is 2.31. The first-order chi connectivity index (χ1) is 12.1. The maximum absolute atomic E-state index is 13.8. The number of esters is 1. The van der Waals surface area contributed by atoms with E-state index in [9.17, 15) is 9.18 Å². The molecule has 6 nitrogen and oxygen atoms in total. The SMILES string of the molecule is CCOC(=O)c1cnc2ccc(F)cc2c1N(C)Cc1cnccn1. The van der Waals surface area contributed by atoms with Crippen LogP contribution in [0.4, 0.5) is 10.1 Å². The number of hydrogen-bond donors (Lipinski definition) is 0. The van der Waals surface area contributed by atoms with Crippen LogP contribution in [0.3, 0.4) is 0 Å². The van der Waals surface area contributed by atoms with Crippen molar-refractivity contribution in [3.63, 3.8) is 0 Å². The summed E-state index contributed by atoms with van der Waals surface area (Å²) in [7, 11) is 1.80. The zero-order valence-electron chi connectivity index (χ0n) is 13.9. The van der Waals surface area contributed by atoms with Crippen molar-refractivity contribution in [1.29, 1.82) is 0 Å². The highest BCUT2D eigenvalue weighted by atomic mass is 19.1. The maximum Gasteiger partial charge on any atom is 0.341 e. The Morgan fingerprint density at radius 2 is 2.08 bits per heavy atom. The molecule has 0 atom stereocenters. The van der Waals surface area contributed by atoms with Crippen molar-refractivity contribution in [2.45, 2.75) is 13.5 Å². The van der Waals surface area contributed by atoms with Crippen molar-refractivity contribution in [2.75, 3.05) is 18.6 Å². The first-order valence-corrected chi connectivity index (χ1v) is 7.81. The largest absolute Gasteiger partial charge is 0.462 e. The minimum atomic E-state index is -0.498. The maximum atomic E-state index is 13.8. The number of rotatable bonds is 5. The second-order valence-electron chi connectivity index (χ2n) is 5.46.